The van der Waals surface area contributed by atoms with Gasteiger partial charge in [0.1, 0.15) is 5.82 Å². The molecule has 0 aliphatic carbocycles. The number of nitrogens with one attached hydrogen (secondary N) is 2. The van der Waals surface area contributed by atoms with Crippen molar-refractivity contribution in [2.24, 2.45) is 5.73 Å². The Morgan fingerprint density at radius 2 is 2.44 bits per heavy atom. The van der Waals surface area contributed by atoms with Crippen molar-refractivity contribution < 1.29 is 4.79 Å². The van der Waals surface area contributed by atoms with E-state index in [0.717, 1.165) is 25.3 Å². The maximum Gasteiger partial charge on any atom is 0.315 e. The molecule has 1 aromatic rings. The van der Waals surface area contributed by atoms with Gasteiger partial charge in [-0.2, -0.15) is 0 Å². The molecule has 1 atom stereocenters. The Balaban J connectivity index is 1.80. The number of rotatable bonds is 4. The molecule has 2 amide bonds. The van der Waals surface area contributed by atoms with E-state index in [1.165, 1.54) is 0 Å². The maximum atomic E-state index is 11.5. The number of anilines is 1. The number of amides is 2. The first-order valence-electron chi connectivity index (χ1n) is 6.20. The molecule has 2 rings (SSSR count). The highest BCUT2D eigenvalue weighted by atomic mass is 16.2. The van der Waals surface area contributed by atoms with E-state index in [0.29, 0.717) is 13.1 Å². The summed E-state index contributed by atoms with van der Waals surface area (Å²) in [5.41, 5.74) is 5.32. The summed E-state index contributed by atoms with van der Waals surface area (Å²) in [4.78, 5) is 18.0. The highest BCUT2D eigenvalue weighted by Gasteiger charge is 2.24. The molecule has 0 aromatic carbocycles. The smallest absolute Gasteiger partial charge is 0.315 e. The third kappa shape index (κ3) is 3.33. The van der Waals surface area contributed by atoms with Crippen LogP contribution in [0, 0.1) is 0 Å². The van der Waals surface area contributed by atoms with Crippen LogP contribution in [0.2, 0.25) is 0 Å². The van der Waals surface area contributed by atoms with Crippen molar-refractivity contribution in [2.75, 3.05) is 31.1 Å². The third-order valence-corrected chi connectivity index (χ3v) is 2.93. The zero-order valence-corrected chi connectivity index (χ0v) is 10.3. The Morgan fingerprint density at radius 3 is 3.17 bits per heavy atom. The average Bonchev–Trinajstić information content (AvgIpc) is 2.86. The highest BCUT2D eigenvalue weighted by molar-refractivity contribution is 5.74. The number of hydrogen-bond acceptors (Lipinski definition) is 4. The number of aromatic nitrogens is 1. The van der Waals surface area contributed by atoms with E-state index in [1.54, 1.807) is 6.20 Å². The van der Waals surface area contributed by atoms with E-state index in [-0.39, 0.29) is 12.1 Å². The predicted octanol–water partition coefficient (Wildman–Crippen LogP) is -0.0818. The quantitative estimate of drug-likeness (QED) is 0.697. The predicted molar refractivity (Wildman–Crippen MR) is 70.4 cm³/mol. The third-order valence-electron chi connectivity index (χ3n) is 2.93. The molecule has 98 valence electrons. The monoisotopic (exact) mass is 249 g/mol. The molecule has 0 unspecified atom stereocenters. The summed E-state index contributed by atoms with van der Waals surface area (Å²) in [6, 6.07) is 5.88. The van der Waals surface area contributed by atoms with Gasteiger partial charge < -0.3 is 21.3 Å². The van der Waals surface area contributed by atoms with E-state index in [1.807, 2.05) is 18.2 Å². The SMILES string of the molecule is NCCNC(=O)N[C@H]1CCN(c2ccccn2)C1. The molecule has 6 nitrogen and oxygen atoms in total. The summed E-state index contributed by atoms with van der Waals surface area (Å²) >= 11 is 0. The standard InChI is InChI=1S/C12H19N5O/c13-5-7-15-12(18)16-10-4-8-17(9-10)11-3-1-2-6-14-11/h1-3,6,10H,4-5,7-9,13H2,(H2,15,16,18)/t10-/m0/s1. The summed E-state index contributed by atoms with van der Waals surface area (Å²) in [6.45, 7) is 2.67. The van der Waals surface area contributed by atoms with Gasteiger partial charge in [-0.1, -0.05) is 6.07 Å². The Labute approximate surface area is 107 Å². The van der Waals surface area contributed by atoms with Crippen molar-refractivity contribution >= 4 is 11.8 Å². The highest BCUT2D eigenvalue weighted by Crippen LogP contribution is 2.16. The molecular weight excluding hydrogens is 230 g/mol. The Morgan fingerprint density at radius 1 is 1.56 bits per heavy atom. The molecule has 0 saturated carbocycles. The van der Waals surface area contributed by atoms with Gasteiger partial charge in [-0.25, -0.2) is 9.78 Å². The van der Waals surface area contributed by atoms with Crippen LogP contribution in [0.25, 0.3) is 0 Å². The number of nitrogens with zero attached hydrogens (tertiary/aromatic N) is 2. The van der Waals surface area contributed by atoms with Crippen molar-refractivity contribution in [3.05, 3.63) is 24.4 Å². The van der Waals surface area contributed by atoms with Gasteiger partial charge in [-0.3, -0.25) is 0 Å². The lowest BCUT2D eigenvalue weighted by atomic mass is 10.3. The van der Waals surface area contributed by atoms with Crippen LogP contribution in [-0.2, 0) is 0 Å². The Bertz CT molecular complexity index is 383. The summed E-state index contributed by atoms with van der Waals surface area (Å²) in [5, 5.41) is 5.64. The number of carbonyl (C=O) groups is 1. The molecule has 0 spiro atoms. The number of pyridine rings is 1. The minimum absolute atomic E-state index is 0.145. The second kappa shape index (κ2) is 6.20. The lowest BCUT2D eigenvalue weighted by molar-refractivity contribution is 0.238. The van der Waals surface area contributed by atoms with Gasteiger partial charge in [0.15, 0.2) is 0 Å². The lowest BCUT2D eigenvalue weighted by Gasteiger charge is -2.17. The van der Waals surface area contributed by atoms with Crippen molar-refractivity contribution in [3.8, 4) is 0 Å². The summed E-state index contributed by atoms with van der Waals surface area (Å²) in [5.74, 6) is 0.962. The zero-order chi connectivity index (χ0) is 12.8. The summed E-state index contributed by atoms with van der Waals surface area (Å²) in [6.07, 6.45) is 2.72. The van der Waals surface area contributed by atoms with E-state index in [9.17, 15) is 4.79 Å². The fourth-order valence-electron chi connectivity index (χ4n) is 2.05. The van der Waals surface area contributed by atoms with Crippen LogP contribution in [0.4, 0.5) is 10.6 Å². The topological polar surface area (TPSA) is 83.3 Å². The molecule has 1 saturated heterocycles. The minimum Gasteiger partial charge on any atom is -0.354 e. The molecule has 0 radical (unpaired) electrons. The molecule has 1 aliphatic heterocycles. The molecule has 18 heavy (non-hydrogen) atoms. The van der Waals surface area contributed by atoms with Crippen LogP contribution in [-0.4, -0.2) is 43.2 Å². The first-order chi connectivity index (χ1) is 8.79. The van der Waals surface area contributed by atoms with Gasteiger partial charge in [0.05, 0.1) is 0 Å². The fourth-order valence-corrected chi connectivity index (χ4v) is 2.05. The van der Waals surface area contributed by atoms with Crippen LogP contribution in [0.15, 0.2) is 24.4 Å². The van der Waals surface area contributed by atoms with Crippen molar-refractivity contribution in [2.45, 2.75) is 12.5 Å². The second-order valence-corrected chi connectivity index (χ2v) is 4.31. The molecular formula is C12H19N5O. The Hall–Kier alpha value is -1.82. The van der Waals surface area contributed by atoms with Crippen LogP contribution in [0.3, 0.4) is 0 Å². The van der Waals surface area contributed by atoms with E-state index in [4.69, 9.17) is 5.73 Å². The number of urea groups is 1. The lowest BCUT2D eigenvalue weighted by Crippen LogP contribution is -2.44. The molecule has 4 N–H and O–H groups in total. The first kappa shape index (κ1) is 12.6. The van der Waals surface area contributed by atoms with Gasteiger partial charge in [-0.05, 0) is 18.6 Å². The molecule has 2 heterocycles. The normalized spacial score (nSPS) is 18.7. The molecule has 1 aromatic heterocycles. The van der Waals surface area contributed by atoms with Gasteiger partial charge >= 0.3 is 6.03 Å². The second-order valence-electron chi connectivity index (χ2n) is 4.31. The molecule has 1 fully saturated rings. The average molecular weight is 249 g/mol. The van der Waals surface area contributed by atoms with Crippen LogP contribution in [0.1, 0.15) is 6.42 Å². The Kier molecular flexibility index (Phi) is 4.35. The van der Waals surface area contributed by atoms with E-state index in [2.05, 4.69) is 20.5 Å². The molecule has 1 aliphatic rings. The summed E-state index contributed by atoms with van der Waals surface area (Å²) < 4.78 is 0. The van der Waals surface area contributed by atoms with Crippen molar-refractivity contribution in [1.82, 2.24) is 15.6 Å². The minimum atomic E-state index is -0.145. The van der Waals surface area contributed by atoms with Gasteiger partial charge in [0.25, 0.3) is 0 Å². The maximum absolute atomic E-state index is 11.5. The van der Waals surface area contributed by atoms with Crippen LogP contribution < -0.4 is 21.3 Å². The fraction of sp³-hybridized carbons (Fsp3) is 0.500. The number of nitrogens with two attached hydrogens (primary N) is 1. The molecule has 6 heteroatoms. The van der Waals surface area contributed by atoms with Gasteiger partial charge in [0.2, 0.25) is 0 Å². The zero-order valence-electron chi connectivity index (χ0n) is 10.3. The van der Waals surface area contributed by atoms with Crippen LogP contribution in [0.5, 0.6) is 0 Å². The largest absolute Gasteiger partial charge is 0.354 e. The van der Waals surface area contributed by atoms with Crippen molar-refractivity contribution in [3.63, 3.8) is 0 Å². The number of carbonyl (C=O) groups excluding carboxylic acids is 1. The number of hydrogen-bond donors (Lipinski definition) is 3. The first-order valence-corrected chi connectivity index (χ1v) is 6.20. The van der Waals surface area contributed by atoms with Gasteiger partial charge in [0, 0.05) is 38.4 Å². The van der Waals surface area contributed by atoms with E-state index < -0.39 is 0 Å². The van der Waals surface area contributed by atoms with Crippen LogP contribution >= 0.6 is 0 Å². The van der Waals surface area contributed by atoms with Crippen molar-refractivity contribution in [1.29, 1.82) is 0 Å². The molecule has 0 bridgehead atoms. The van der Waals surface area contributed by atoms with Gasteiger partial charge in [-0.15, -0.1) is 0 Å². The summed E-state index contributed by atoms with van der Waals surface area (Å²) in [7, 11) is 0. The van der Waals surface area contributed by atoms with E-state index >= 15 is 0 Å².